The van der Waals surface area contributed by atoms with Crippen molar-refractivity contribution in [3.05, 3.63) is 11.8 Å². The van der Waals surface area contributed by atoms with Gasteiger partial charge in [-0.3, -0.25) is 4.79 Å². The molecule has 2 atom stereocenters. The van der Waals surface area contributed by atoms with Crippen molar-refractivity contribution in [2.75, 3.05) is 0 Å². The molecule has 0 N–H and O–H groups in total. The van der Waals surface area contributed by atoms with Crippen molar-refractivity contribution in [1.82, 2.24) is 0 Å². The van der Waals surface area contributed by atoms with Crippen molar-refractivity contribution in [1.29, 1.82) is 0 Å². The topological polar surface area (TPSA) is 35.5 Å². The van der Waals surface area contributed by atoms with E-state index in [0.717, 1.165) is 12.2 Å². The average molecular weight is 296 g/mol. The maximum atomic E-state index is 12.0. The summed E-state index contributed by atoms with van der Waals surface area (Å²) < 4.78 is 11.9. The Bertz CT molecular complexity index is 443. The van der Waals surface area contributed by atoms with Gasteiger partial charge in [0.2, 0.25) is 8.32 Å². The van der Waals surface area contributed by atoms with Gasteiger partial charge in [0.25, 0.3) is 0 Å². The monoisotopic (exact) mass is 296 g/mol. The van der Waals surface area contributed by atoms with Crippen LogP contribution in [0.4, 0.5) is 0 Å². The maximum absolute atomic E-state index is 12.0. The molecule has 20 heavy (non-hydrogen) atoms. The summed E-state index contributed by atoms with van der Waals surface area (Å²) in [5.41, 5.74) is -0.333. The molecule has 0 bridgehead atoms. The summed E-state index contributed by atoms with van der Waals surface area (Å²) in [4.78, 5) is 12.0. The van der Waals surface area contributed by atoms with Crippen LogP contribution in [0.2, 0.25) is 18.1 Å². The highest BCUT2D eigenvalue weighted by Crippen LogP contribution is 2.47. The zero-order valence-electron chi connectivity index (χ0n) is 13.9. The third kappa shape index (κ3) is 2.67. The highest BCUT2D eigenvalue weighted by molar-refractivity contribution is 6.74. The molecule has 1 saturated heterocycles. The van der Waals surface area contributed by atoms with E-state index in [9.17, 15) is 4.79 Å². The lowest BCUT2D eigenvalue weighted by Gasteiger charge is -2.39. The zero-order chi connectivity index (χ0) is 15.3. The molecule has 0 radical (unpaired) electrons. The van der Waals surface area contributed by atoms with E-state index >= 15 is 0 Å². The summed E-state index contributed by atoms with van der Waals surface area (Å²) in [5.74, 6) is 1.23. The predicted molar refractivity (Wildman–Crippen MR) is 82.8 cm³/mol. The summed E-state index contributed by atoms with van der Waals surface area (Å²) in [6, 6.07) is 0. The summed E-state index contributed by atoms with van der Waals surface area (Å²) in [5, 5.41) is 0.181. The maximum Gasteiger partial charge on any atom is 0.310 e. The van der Waals surface area contributed by atoms with Crippen molar-refractivity contribution in [2.24, 2.45) is 11.8 Å². The Hall–Kier alpha value is -0.773. The van der Waals surface area contributed by atoms with E-state index in [2.05, 4.69) is 39.9 Å². The number of hydrogen-bond acceptors (Lipinski definition) is 3. The molecule has 0 saturated carbocycles. The standard InChI is InChI=1S/C16H28O3Si/c1-15(2,3)20(6,7)19-11-8-9-13-12(10-11)14(17)18-16(13,4)5/h8,12-13H,9-10H2,1-7H3/t12-,13-/m1/s1. The number of allylic oxidation sites excluding steroid dienone is 2. The molecule has 1 aliphatic heterocycles. The summed E-state index contributed by atoms with van der Waals surface area (Å²) >= 11 is 0. The first kappa shape index (κ1) is 15.6. The van der Waals surface area contributed by atoms with Crippen molar-refractivity contribution in [3.63, 3.8) is 0 Å². The fourth-order valence-electron chi connectivity index (χ4n) is 2.86. The van der Waals surface area contributed by atoms with Crippen LogP contribution in [0, 0.1) is 11.8 Å². The van der Waals surface area contributed by atoms with Crippen LogP contribution in [0.3, 0.4) is 0 Å². The first-order valence-electron chi connectivity index (χ1n) is 7.55. The second-order valence-corrected chi connectivity index (χ2v) is 12.9. The number of carbonyl (C=O) groups is 1. The largest absolute Gasteiger partial charge is 0.547 e. The Kier molecular flexibility index (Phi) is 3.60. The Labute approximate surface area is 123 Å². The summed E-state index contributed by atoms with van der Waals surface area (Å²) in [7, 11) is -1.81. The van der Waals surface area contributed by atoms with E-state index in [4.69, 9.17) is 9.16 Å². The van der Waals surface area contributed by atoms with Crippen LogP contribution >= 0.6 is 0 Å². The molecule has 4 heteroatoms. The van der Waals surface area contributed by atoms with Gasteiger partial charge < -0.3 is 9.16 Å². The van der Waals surface area contributed by atoms with Gasteiger partial charge in [-0.15, -0.1) is 0 Å². The molecule has 1 aliphatic carbocycles. The normalized spacial score (nSPS) is 29.6. The molecule has 1 heterocycles. The van der Waals surface area contributed by atoms with Gasteiger partial charge in [-0.05, 0) is 44.5 Å². The van der Waals surface area contributed by atoms with Gasteiger partial charge in [0.1, 0.15) is 5.60 Å². The van der Waals surface area contributed by atoms with E-state index < -0.39 is 8.32 Å². The van der Waals surface area contributed by atoms with E-state index in [-0.39, 0.29) is 22.5 Å². The minimum Gasteiger partial charge on any atom is -0.547 e. The molecule has 3 nitrogen and oxygen atoms in total. The Morgan fingerprint density at radius 2 is 1.95 bits per heavy atom. The number of carbonyl (C=O) groups excluding carboxylic acids is 1. The van der Waals surface area contributed by atoms with Crippen molar-refractivity contribution in [2.45, 2.75) is 71.2 Å². The third-order valence-corrected chi connectivity index (χ3v) is 9.64. The first-order chi connectivity index (χ1) is 8.94. The highest BCUT2D eigenvalue weighted by Gasteiger charge is 2.51. The van der Waals surface area contributed by atoms with Gasteiger partial charge >= 0.3 is 5.97 Å². The number of rotatable bonds is 2. The smallest absolute Gasteiger partial charge is 0.310 e. The summed E-state index contributed by atoms with van der Waals surface area (Å²) in [6.45, 7) is 15.2. The minimum atomic E-state index is -1.81. The minimum absolute atomic E-state index is 0.0187. The van der Waals surface area contributed by atoms with Gasteiger partial charge in [-0.25, -0.2) is 0 Å². The average Bonchev–Trinajstić information content (AvgIpc) is 2.47. The van der Waals surface area contributed by atoms with E-state index in [1.807, 2.05) is 13.8 Å². The third-order valence-electron chi connectivity index (χ3n) is 5.26. The van der Waals surface area contributed by atoms with Crippen LogP contribution in [0.15, 0.2) is 11.8 Å². The number of ether oxygens (including phenoxy) is 1. The molecule has 0 aromatic heterocycles. The number of hydrogen-bond donors (Lipinski definition) is 0. The molecule has 0 aromatic rings. The number of cyclic esters (lactones) is 1. The van der Waals surface area contributed by atoms with Crippen molar-refractivity contribution >= 4 is 14.3 Å². The van der Waals surface area contributed by atoms with Crippen LogP contribution in [0.1, 0.15) is 47.5 Å². The molecule has 0 aromatic carbocycles. The van der Waals surface area contributed by atoms with Gasteiger partial charge in [0.05, 0.1) is 11.7 Å². The lowest BCUT2D eigenvalue weighted by Crippen LogP contribution is -2.41. The molecule has 2 rings (SSSR count). The van der Waals surface area contributed by atoms with Crippen molar-refractivity contribution in [3.8, 4) is 0 Å². The quantitative estimate of drug-likeness (QED) is 0.564. The fraction of sp³-hybridized carbons (Fsp3) is 0.812. The molecule has 2 aliphatic rings. The molecule has 0 spiro atoms. The zero-order valence-corrected chi connectivity index (χ0v) is 14.9. The van der Waals surface area contributed by atoms with E-state index in [1.165, 1.54) is 0 Å². The first-order valence-corrected chi connectivity index (χ1v) is 10.5. The summed E-state index contributed by atoms with van der Waals surface area (Å²) in [6.07, 6.45) is 3.78. The molecule has 1 fully saturated rings. The van der Waals surface area contributed by atoms with E-state index in [1.54, 1.807) is 0 Å². The van der Waals surface area contributed by atoms with Crippen LogP contribution in [-0.4, -0.2) is 19.9 Å². The van der Waals surface area contributed by atoms with Crippen LogP contribution in [0.5, 0.6) is 0 Å². The Balaban J connectivity index is 2.13. The number of esters is 1. The van der Waals surface area contributed by atoms with E-state index in [0.29, 0.717) is 12.3 Å². The SMILES string of the molecule is CC1(C)OC(=O)[C@@H]2CC(O[Si](C)(C)C(C)(C)C)=CC[C@H]21. The highest BCUT2D eigenvalue weighted by atomic mass is 28.4. The second-order valence-electron chi connectivity index (χ2n) is 8.21. The predicted octanol–water partition coefficient (Wildman–Crippen LogP) is 4.25. The lowest BCUT2D eigenvalue weighted by molar-refractivity contribution is -0.148. The van der Waals surface area contributed by atoms with Crippen LogP contribution < -0.4 is 0 Å². The Morgan fingerprint density at radius 1 is 1.35 bits per heavy atom. The van der Waals surface area contributed by atoms with Crippen molar-refractivity contribution < 1.29 is 14.0 Å². The molecule has 114 valence electrons. The van der Waals surface area contributed by atoms with Crippen LogP contribution in [0.25, 0.3) is 0 Å². The molecule has 0 amide bonds. The lowest BCUT2D eigenvalue weighted by atomic mass is 9.76. The number of fused-ring (bicyclic) bond motifs is 1. The fourth-order valence-corrected chi connectivity index (χ4v) is 3.98. The molecule has 0 unspecified atom stereocenters. The molecular weight excluding hydrogens is 268 g/mol. The van der Waals surface area contributed by atoms with Gasteiger partial charge in [0.15, 0.2) is 0 Å². The van der Waals surface area contributed by atoms with Gasteiger partial charge in [-0.2, -0.15) is 0 Å². The second kappa shape index (κ2) is 4.62. The molecular formula is C16H28O3Si. The van der Waals surface area contributed by atoms with Crippen LogP contribution in [-0.2, 0) is 14.0 Å². The van der Waals surface area contributed by atoms with Gasteiger partial charge in [-0.1, -0.05) is 20.8 Å². The van der Waals surface area contributed by atoms with Gasteiger partial charge in [0, 0.05) is 12.3 Å². The Morgan fingerprint density at radius 3 is 2.50 bits per heavy atom.